The SMILES string of the molecule is CCc1ccc(Nc2nnc(SCC(=O)NCCc3cccs3)s2)cc1. The summed E-state index contributed by atoms with van der Waals surface area (Å²) in [4.78, 5) is 13.2. The average Bonchev–Trinajstić information content (AvgIpc) is 3.33. The lowest BCUT2D eigenvalue weighted by Gasteiger charge is -2.03. The Hall–Kier alpha value is -1.90. The van der Waals surface area contributed by atoms with Crippen molar-refractivity contribution in [2.45, 2.75) is 24.1 Å². The van der Waals surface area contributed by atoms with E-state index in [-0.39, 0.29) is 5.91 Å². The maximum absolute atomic E-state index is 11.9. The molecule has 0 radical (unpaired) electrons. The van der Waals surface area contributed by atoms with Gasteiger partial charge in [-0.3, -0.25) is 4.79 Å². The molecule has 2 heterocycles. The Morgan fingerprint density at radius 1 is 1.19 bits per heavy atom. The van der Waals surface area contributed by atoms with Crippen molar-refractivity contribution in [3.63, 3.8) is 0 Å². The van der Waals surface area contributed by atoms with E-state index in [1.165, 1.54) is 33.5 Å². The molecule has 8 heteroatoms. The molecule has 1 amide bonds. The molecule has 0 aliphatic rings. The summed E-state index contributed by atoms with van der Waals surface area (Å²) in [7, 11) is 0. The molecule has 0 unspecified atom stereocenters. The number of aryl methyl sites for hydroxylation is 1. The van der Waals surface area contributed by atoms with Crippen molar-refractivity contribution in [1.82, 2.24) is 15.5 Å². The molecule has 0 saturated heterocycles. The lowest BCUT2D eigenvalue weighted by molar-refractivity contribution is -0.118. The van der Waals surface area contributed by atoms with Crippen LogP contribution in [-0.2, 0) is 17.6 Å². The normalized spacial score (nSPS) is 10.7. The number of aromatic nitrogens is 2. The molecule has 5 nitrogen and oxygen atoms in total. The van der Waals surface area contributed by atoms with E-state index < -0.39 is 0 Å². The minimum absolute atomic E-state index is 0.0198. The molecule has 0 aliphatic carbocycles. The van der Waals surface area contributed by atoms with Gasteiger partial charge in [0.25, 0.3) is 0 Å². The quantitative estimate of drug-likeness (QED) is 0.519. The third kappa shape index (κ3) is 5.82. The number of benzene rings is 1. The Morgan fingerprint density at radius 3 is 2.77 bits per heavy atom. The number of amides is 1. The first-order valence-electron chi connectivity index (χ1n) is 8.34. The lowest BCUT2D eigenvalue weighted by Crippen LogP contribution is -2.27. The van der Waals surface area contributed by atoms with Crippen LogP contribution in [0.25, 0.3) is 0 Å². The van der Waals surface area contributed by atoms with Crippen molar-refractivity contribution in [2.24, 2.45) is 0 Å². The predicted octanol–water partition coefficient (Wildman–Crippen LogP) is 4.36. The zero-order valence-corrected chi connectivity index (χ0v) is 16.8. The molecule has 0 spiro atoms. The van der Waals surface area contributed by atoms with Gasteiger partial charge >= 0.3 is 0 Å². The molecule has 3 rings (SSSR count). The highest BCUT2D eigenvalue weighted by Gasteiger charge is 2.08. The first kappa shape index (κ1) is 18.9. The second-order valence-corrected chi connectivity index (χ2v) is 8.75. The van der Waals surface area contributed by atoms with Gasteiger partial charge in [-0.15, -0.1) is 21.5 Å². The minimum Gasteiger partial charge on any atom is -0.355 e. The number of thiophene rings is 1. The van der Waals surface area contributed by atoms with Crippen molar-refractivity contribution in [3.05, 3.63) is 52.2 Å². The summed E-state index contributed by atoms with van der Waals surface area (Å²) in [5.74, 6) is 0.371. The number of anilines is 2. The van der Waals surface area contributed by atoms with E-state index in [1.54, 1.807) is 11.3 Å². The van der Waals surface area contributed by atoms with E-state index in [4.69, 9.17) is 0 Å². The van der Waals surface area contributed by atoms with Gasteiger partial charge in [-0.1, -0.05) is 48.2 Å². The van der Waals surface area contributed by atoms with E-state index in [9.17, 15) is 4.79 Å². The van der Waals surface area contributed by atoms with Crippen LogP contribution >= 0.6 is 34.4 Å². The highest BCUT2D eigenvalue weighted by atomic mass is 32.2. The monoisotopic (exact) mass is 404 g/mol. The molecule has 0 bridgehead atoms. The molecule has 0 saturated carbocycles. The van der Waals surface area contributed by atoms with Crippen LogP contribution in [0.2, 0.25) is 0 Å². The molecular weight excluding hydrogens is 384 g/mol. The molecule has 136 valence electrons. The second kappa shape index (κ2) is 9.70. The number of hydrogen-bond donors (Lipinski definition) is 2. The van der Waals surface area contributed by atoms with Crippen LogP contribution in [0.15, 0.2) is 46.1 Å². The van der Waals surface area contributed by atoms with Crippen LogP contribution in [0.4, 0.5) is 10.8 Å². The molecule has 0 aliphatic heterocycles. The fraction of sp³-hybridized carbons (Fsp3) is 0.278. The first-order valence-corrected chi connectivity index (χ1v) is 11.0. The van der Waals surface area contributed by atoms with E-state index in [1.807, 2.05) is 23.6 Å². The maximum Gasteiger partial charge on any atom is 0.230 e. The first-order chi connectivity index (χ1) is 12.7. The molecule has 2 N–H and O–H groups in total. The van der Waals surface area contributed by atoms with Crippen molar-refractivity contribution in [3.8, 4) is 0 Å². The smallest absolute Gasteiger partial charge is 0.230 e. The second-order valence-electron chi connectivity index (χ2n) is 5.52. The van der Waals surface area contributed by atoms with Gasteiger partial charge < -0.3 is 10.6 Å². The van der Waals surface area contributed by atoms with Gasteiger partial charge in [0.05, 0.1) is 5.75 Å². The largest absolute Gasteiger partial charge is 0.355 e. The predicted molar refractivity (Wildman–Crippen MR) is 111 cm³/mol. The Bertz CT molecular complexity index is 815. The molecular formula is C18H20N4OS3. The highest BCUT2D eigenvalue weighted by molar-refractivity contribution is 8.01. The molecule has 0 atom stereocenters. The number of thioether (sulfide) groups is 1. The Balaban J connectivity index is 1.40. The van der Waals surface area contributed by atoms with E-state index in [2.05, 4.69) is 46.0 Å². The summed E-state index contributed by atoms with van der Waals surface area (Å²) in [6, 6.07) is 12.4. The number of carbonyl (C=O) groups excluding carboxylic acids is 1. The van der Waals surface area contributed by atoms with Crippen molar-refractivity contribution < 1.29 is 4.79 Å². The minimum atomic E-state index is 0.0198. The third-order valence-electron chi connectivity index (χ3n) is 3.62. The topological polar surface area (TPSA) is 66.9 Å². The highest BCUT2D eigenvalue weighted by Crippen LogP contribution is 2.27. The van der Waals surface area contributed by atoms with Gasteiger partial charge in [-0.05, 0) is 42.0 Å². The van der Waals surface area contributed by atoms with Crippen LogP contribution in [-0.4, -0.2) is 28.4 Å². The zero-order chi connectivity index (χ0) is 18.2. The summed E-state index contributed by atoms with van der Waals surface area (Å²) in [6.07, 6.45) is 1.90. The van der Waals surface area contributed by atoms with Gasteiger partial charge in [-0.25, -0.2) is 0 Å². The van der Waals surface area contributed by atoms with E-state index in [0.717, 1.165) is 28.0 Å². The maximum atomic E-state index is 11.9. The van der Waals surface area contributed by atoms with Crippen molar-refractivity contribution >= 4 is 51.2 Å². The van der Waals surface area contributed by atoms with Crippen LogP contribution in [0.5, 0.6) is 0 Å². The summed E-state index contributed by atoms with van der Waals surface area (Å²) in [5, 5.41) is 17.2. The number of nitrogens with one attached hydrogen (secondary N) is 2. The summed E-state index contributed by atoms with van der Waals surface area (Å²) in [6.45, 7) is 2.80. The number of hydrogen-bond acceptors (Lipinski definition) is 7. The van der Waals surface area contributed by atoms with Crippen LogP contribution in [0.3, 0.4) is 0 Å². The third-order valence-corrected chi connectivity index (χ3v) is 6.53. The van der Waals surface area contributed by atoms with Crippen LogP contribution in [0.1, 0.15) is 17.4 Å². The number of nitrogens with zero attached hydrogens (tertiary/aromatic N) is 2. The Morgan fingerprint density at radius 2 is 2.04 bits per heavy atom. The van der Waals surface area contributed by atoms with Crippen LogP contribution in [0, 0.1) is 0 Å². The van der Waals surface area contributed by atoms with Gasteiger partial charge in [0.1, 0.15) is 0 Å². The molecule has 0 fully saturated rings. The van der Waals surface area contributed by atoms with Gasteiger partial charge in [-0.2, -0.15) is 0 Å². The molecule has 26 heavy (non-hydrogen) atoms. The summed E-state index contributed by atoms with van der Waals surface area (Å²) in [5.41, 5.74) is 2.29. The fourth-order valence-electron chi connectivity index (χ4n) is 2.22. The van der Waals surface area contributed by atoms with E-state index in [0.29, 0.717) is 12.3 Å². The van der Waals surface area contributed by atoms with Crippen molar-refractivity contribution in [1.29, 1.82) is 0 Å². The summed E-state index contributed by atoms with van der Waals surface area (Å²) >= 11 is 4.57. The molecule has 3 aromatic rings. The van der Waals surface area contributed by atoms with Crippen molar-refractivity contribution in [2.75, 3.05) is 17.6 Å². The van der Waals surface area contributed by atoms with Gasteiger partial charge in [0, 0.05) is 17.1 Å². The van der Waals surface area contributed by atoms with E-state index >= 15 is 0 Å². The Kier molecular flexibility index (Phi) is 7.04. The number of rotatable bonds is 9. The zero-order valence-electron chi connectivity index (χ0n) is 14.4. The van der Waals surface area contributed by atoms with Gasteiger partial charge in [0.2, 0.25) is 11.0 Å². The van der Waals surface area contributed by atoms with Gasteiger partial charge in [0.15, 0.2) is 4.34 Å². The molecule has 1 aromatic carbocycles. The average molecular weight is 405 g/mol. The fourth-order valence-corrected chi connectivity index (χ4v) is 4.54. The lowest BCUT2D eigenvalue weighted by atomic mass is 10.1. The molecule has 2 aromatic heterocycles. The van der Waals surface area contributed by atoms with Crippen LogP contribution < -0.4 is 10.6 Å². The number of carbonyl (C=O) groups is 1. The Labute approximate surface area is 165 Å². The summed E-state index contributed by atoms with van der Waals surface area (Å²) < 4.78 is 0.783. The standard InChI is InChI=1S/C18H20N4OS3/c1-2-13-5-7-14(8-6-13)20-17-21-22-18(26-17)25-12-16(23)19-10-9-15-4-3-11-24-15/h3-8,11H,2,9-10,12H2,1H3,(H,19,23)(H,20,21).